The van der Waals surface area contributed by atoms with E-state index in [1.807, 2.05) is 6.07 Å². The van der Waals surface area contributed by atoms with E-state index in [9.17, 15) is 21.6 Å². The van der Waals surface area contributed by atoms with Crippen LogP contribution in [0.15, 0.2) is 71.6 Å². The SMILES string of the molecule is Cc1ccccc1NS(=O)(=O)c1ccc(NC(=O)CN(c2ccc3c(c2)OCO3)S(C)(=O)=O)cc1. The second-order valence-corrected chi connectivity index (χ2v) is 11.4. The lowest BCUT2D eigenvalue weighted by molar-refractivity contribution is -0.114. The molecule has 0 aliphatic carbocycles. The van der Waals surface area contributed by atoms with Gasteiger partial charge in [0.2, 0.25) is 22.7 Å². The normalized spacial score (nSPS) is 12.7. The first-order valence-electron chi connectivity index (χ1n) is 10.4. The molecule has 4 rings (SSSR count). The van der Waals surface area contributed by atoms with Gasteiger partial charge in [0.25, 0.3) is 10.0 Å². The first-order valence-corrected chi connectivity index (χ1v) is 13.7. The Morgan fingerprint density at radius 3 is 2.31 bits per heavy atom. The van der Waals surface area contributed by atoms with Crippen LogP contribution in [0.5, 0.6) is 11.5 Å². The van der Waals surface area contributed by atoms with Crippen LogP contribution in [0, 0.1) is 6.92 Å². The van der Waals surface area contributed by atoms with Gasteiger partial charge in [-0.25, -0.2) is 16.8 Å². The van der Waals surface area contributed by atoms with Crippen LogP contribution in [0.2, 0.25) is 0 Å². The van der Waals surface area contributed by atoms with Gasteiger partial charge in [-0.1, -0.05) is 18.2 Å². The standard InChI is InChI=1S/C23H23N3O7S2/c1-16-5-3-4-6-20(16)25-35(30,31)19-10-7-17(8-11-19)24-23(27)14-26(34(2,28)29)18-9-12-21-22(13-18)33-15-32-21/h3-13,25H,14-15H2,1-2H3,(H,24,27). The molecule has 3 aromatic rings. The minimum absolute atomic E-state index is 0.0110. The van der Waals surface area contributed by atoms with Gasteiger partial charge in [-0.05, 0) is 55.0 Å². The maximum Gasteiger partial charge on any atom is 0.261 e. The summed E-state index contributed by atoms with van der Waals surface area (Å²) >= 11 is 0. The van der Waals surface area contributed by atoms with Gasteiger partial charge in [0.1, 0.15) is 6.54 Å². The Kier molecular flexibility index (Phi) is 6.59. The molecule has 0 saturated carbocycles. The molecule has 0 aromatic heterocycles. The molecule has 35 heavy (non-hydrogen) atoms. The topological polar surface area (TPSA) is 131 Å². The van der Waals surface area contributed by atoms with Crippen LogP contribution in [0.4, 0.5) is 17.1 Å². The summed E-state index contributed by atoms with van der Waals surface area (Å²) in [6.45, 7) is 1.33. The van der Waals surface area contributed by atoms with Crippen molar-refractivity contribution >= 4 is 43.0 Å². The predicted octanol–water partition coefficient (Wildman–Crippen LogP) is 2.93. The molecule has 12 heteroatoms. The summed E-state index contributed by atoms with van der Waals surface area (Å²) in [5.74, 6) is 0.257. The van der Waals surface area contributed by atoms with Crippen LogP contribution < -0.4 is 23.8 Å². The molecule has 0 atom stereocenters. The number of sulfonamides is 2. The Balaban J connectivity index is 1.46. The fourth-order valence-electron chi connectivity index (χ4n) is 3.38. The molecule has 3 aromatic carbocycles. The number of benzene rings is 3. The van der Waals surface area contributed by atoms with E-state index in [1.165, 1.54) is 36.4 Å². The number of amides is 1. The van der Waals surface area contributed by atoms with Crippen LogP contribution in [0.25, 0.3) is 0 Å². The molecule has 1 aliphatic heterocycles. The predicted molar refractivity (Wildman–Crippen MR) is 132 cm³/mol. The van der Waals surface area contributed by atoms with Crippen LogP contribution in [-0.4, -0.2) is 42.3 Å². The third-order valence-electron chi connectivity index (χ3n) is 5.17. The summed E-state index contributed by atoms with van der Waals surface area (Å²) in [4.78, 5) is 12.6. The van der Waals surface area contributed by atoms with Gasteiger partial charge >= 0.3 is 0 Å². The van der Waals surface area contributed by atoms with E-state index < -0.39 is 32.5 Å². The third-order valence-corrected chi connectivity index (χ3v) is 7.69. The van der Waals surface area contributed by atoms with E-state index in [0.29, 0.717) is 22.9 Å². The molecule has 10 nitrogen and oxygen atoms in total. The van der Waals surface area contributed by atoms with Gasteiger partial charge in [-0.15, -0.1) is 0 Å². The summed E-state index contributed by atoms with van der Waals surface area (Å²) in [5.41, 5.74) is 1.80. The van der Waals surface area contributed by atoms with E-state index >= 15 is 0 Å². The Hall–Kier alpha value is -3.77. The number of ether oxygens (including phenoxy) is 2. The van der Waals surface area contributed by atoms with Gasteiger partial charge in [0, 0.05) is 11.8 Å². The number of carbonyl (C=O) groups excluding carboxylic acids is 1. The number of carbonyl (C=O) groups is 1. The summed E-state index contributed by atoms with van der Waals surface area (Å²) in [6, 6.07) is 17.1. The Morgan fingerprint density at radius 1 is 0.943 bits per heavy atom. The molecule has 0 bridgehead atoms. The van der Waals surface area contributed by atoms with E-state index in [4.69, 9.17) is 9.47 Å². The van der Waals surface area contributed by atoms with Crippen molar-refractivity contribution in [2.24, 2.45) is 0 Å². The molecule has 0 spiro atoms. The molecule has 0 unspecified atom stereocenters. The number of rotatable bonds is 8. The molecule has 0 fully saturated rings. The van der Waals surface area contributed by atoms with Crippen molar-refractivity contribution in [3.8, 4) is 11.5 Å². The highest BCUT2D eigenvalue weighted by Gasteiger charge is 2.24. The number of aryl methyl sites for hydroxylation is 1. The third kappa shape index (κ3) is 5.66. The quantitative estimate of drug-likeness (QED) is 0.470. The Labute approximate surface area is 203 Å². The van der Waals surface area contributed by atoms with E-state index in [-0.39, 0.29) is 17.4 Å². The van der Waals surface area contributed by atoms with Gasteiger partial charge in [0.15, 0.2) is 11.5 Å². The molecule has 0 saturated heterocycles. The highest BCUT2D eigenvalue weighted by atomic mass is 32.2. The summed E-state index contributed by atoms with van der Waals surface area (Å²) in [5, 5.41) is 2.59. The first kappa shape index (κ1) is 24.4. The fraction of sp³-hybridized carbons (Fsp3) is 0.174. The highest BCUT2D eigenvalue weighted by molar-refractivity contribution is 7.92. The maximum atomic E-state index is 12.7. The van der Waals surface area contributed by atoms with Crippen molar-refractivity contribution in [3.63, 3.8) is 0 Å². The fourth-order valence-corrected chi connectivity index (χ4v) is 5.36. The number of nitrogens with zero attached hydrogens (tertiary/aromatic N) is 1. The summed E-state index contributed by atoms with van der Waals surface area (Å²) in [7, 11) is -7.63. The first-order chi connectivity index (χ1) is 16.5. The number of anilines is 3. The largest absolute Gasteiger partial charge is 0.454 e. The second-order valence-electron chi connectivity index (χ2n) is 7.80. The zero-order chi connectivity index (χ0) is 25.2. The smallest absolute Gasteiger partial charge is 0.261 e. The molecular formula is C23H23N3O7S2. The van der Waals surface area contributed by atoms with Gasteiger partial charge in [-0.2, -0.15) is 0 Å². The highest BCUT2D eigenvalue weighted by Crippen LogP contribution is 2.36. The molecule has 0 radical (unpaired) electrons. The Morgan fingerprint density at radius 2 is 1.63 bits per heavy atom. The van der Waals surface area contributed by atoms with Crippen LogP contribution in [0.3, 0.4) is 0 Å². The van der Waals surface area contributed by atoms with E-state index in [2.05, 4.69) is 10.0 Å². The van der Waals surface area contributed by atoms with Gasteiger partial charge in [0.05, 0.1) is 22.5 Å². The maximum absolute atomic E-state index is 12.7. The molecule has 1 heterocycles. The van der Waals surface area contributed by atoms with Crippen LogP contribution in [-0.2, 0) is 24.8 Å². The van der Waals surface area contributed by atoms with Crippen LogP contribution >= 0.6 is 0 Å². The Bertz CT molecular complexity index is 1470. The summed E-state index contributed by atoms with van der Waals surface area (Å²) in [6.07, 6.45) is 0.992. The van der Waals surface area contributed by atoms with Crippen molar-refractivity contribution in [1.82, 2.24) is 0 Å². The zero-order valence-electron chi connectivity index (χ0n) is 18.9. The molecule has 1 amide bonds. The molecule has 184 valence electrons. The molecule has 1 aliphatic rings. The summed E-state index contributed by atoms with van der Waals surface area (Å²) < 4.78 is 64.1. The van der Waals surface area contributed by atoms with E-state index in [1.54, 1.807) is 31.2 Å². The lowest BCUT2D eigenvalue weighted by atomic mass is 10.2. The number of para-hydroxylation sites is 1. The average molecular weight is 518 g/mol. The zero-order valence-corrected chi connectivity index (χ0v) is 20.5. The van der Waals surface area contributed by atoms with Gasteiger partial charge in [-0.3, -0.25) is 13.8 Å². The number of fused-ring (bicyclic) bond motifs is 1. The second kappa shape index (κ2) is 9.47. The number of hydrogen-bond donors (Lipinski definition) is 2. The van der Waals surface area contributed by atoms with Crippen molar-refractivity contribution in [2.45, 2.75) is 11.8 Å². The van der Waals surface area contributed by atoms with Gasteiger partial charge < -0.3 is 14.8 Å². The number of hydrogen-bond acceptors (Lipinski definition) is 7. The van der Waals surface area contributed by atoms with Crippen molar-refractivity contribution in [2.75, 3.05) is 33.9 Å². The van der Waals surface area contributed by atoms with Crippen molar-refractivity contribution in [3.05, 3.63) is 72.3 Å². The molecular weight excluding hydrogens is 494 g/mol. The lowest BCUT2D eigenvalue weighted by Gasteiger charge is -2.22. The lowest BCUT2D eigenvalue weighted by Crippen LogP contribution is -2.37. The number of nitrogens with one attached hydrogen (secondary N) is 2. The molecule has 2 N–H and O–H groups in total. The van der Waals surface area contributed by atoms with E-state index in [0.717, 1.165) is 16.1 Å². The monoisotopic (exact) mass is 517 g/mol. The minimum atomic E-state index is -3.83. The average Bonchev–Trinajstić information content (AvgIpc) is 3.26. The van der Waals surface area contributed by atoms with Crippen molar-refractivity contribution in [1.29, 1.82) is 0 Å². The van der Waals surface area contributed by atoms with Crippen LogP contribution in [0.1, 0.15) is 5.56 Å². The van der Waals surface area contributed by atoms with Crippen molar-refractivity contribution < 1.29 is 31.1 Å². The minimum Gasteiger partial charge on any atom is -0.454 e.